The van der Waals surface area contributed by atoms with Gasteiger partial charge in [-0.2, -0.15) is 0 Å². The highest BCUT2D eigenvalue weighted by Crippen LogP contribution is 2.18. The van der Waals surface area contributed by atoms with Crippen LogP contribution in [0.4, 0.5) is 0 Å². The first-order chi connectivity index (χ1) is 5.68. The summed E-state index contributed by atoms with van der Waals surface area (Å²) >= 11 is 0. The number of hydrogen-bond donors (Lipinski definition) is 0. The van der Waals surface area contributed by atoms with Crippen LogP contribution < -0.4 is 0 Å². The van der Waals surface area contributed by atoms with E-state index in [9.17, 15) is 0 Å². The zero-order valence-electron chi connectivity index (χ0n) is 8.39. The van der Waals surface area contributed by atoms with Gasteiger partial charge in [-0.3, -0.25) is 0 Å². The van der Waals surface area contributed by atoms with Gasteiger partial charge in [-0.25, -0.2) is 5.26 Å². The van der Waals surface area contributed by atoms with E-state index in [0.29, 0.717) is 0 Å². The average Bonchev–Trinajstić information content (AvgIpc) is 2.06. The summed E-state index contributed by atoms with van der Waals surface area (Å²) in [5, 5.41) is 8.99. The van der Waals surface area contributed by atoms with Gasteiger partial charge in [-0.05, 0) is 18.5 Å². The van der Waals surface area contributed by atoms with Crippen LogP contribution in [0.3, 0.4) is 0 Å². The third-order valence-corrected chi connectivity index (χ3v) is 5.75. The highest BCUT2D eigenvalue weighted by Gasteiger charge is 2.25. The molecule has 0 aromatic rings. The van der Waals surface area contributed by atoms with E-state index in [-0.39, 0.29) is 0 Å². The van der Waals surface area contributed by atoms with Crippen molar-refractivity contribution in [2.75, 3.05) is 13.7 Å². The fraction of sp³-hybridized carbons (Fsp3) is 0.889. The maximum absolute atomic E-state index is 8.99. The Morgan fingerprint density at radius 3 is 2.50 bits per heavy atom. The first-order valence-corrected chi connectivity index (χ1v) is 7.50. The van der Waals surface area contributed by atoms with Crippen LogP contribution in [0, 0.1) is 11.0 Å². The van der Waals surface area contributed by atoms with Gasteiger partial charge in [0.15, 0.2) is 8.07 Å². The first kappa shape index (κ1) is 11.7. The SMILES string of the molecule is CCC[Si](C)(C#N)CCCOC. The maximum atomic E-state index is 8.99. The lowest BCUT2D eigenvalue weighted by Gasteiger charge is -2.16. The van der Waals surface area contributed by atoms with Crippen molar-refractivity contribution in [3.8, 4) is 5.69 Å². The molecule has 0 aliphatic rings. The Balaban J connectivity index is 3.73. The highest BCUT2D eigenvalue weighted by molar-refractivity contribution is 6.85. The molecular formula is C9H19NOSi. The topological polar surface area (TPSA) is 33.0 Å². The van der Waals surface area contributed by atoms with Crippen molar-refractivity contribution in [2.24, 2.45) is 0 Å². The smallest absolute Gasteiger partial charge is 0.170 e. The van der Waals surface area contributed by atoms with Gasteiger partial charge in [0.25, 0.3) is 0 Å². The van der Waals surface area contributed by atoms with Crippen LogP contribution in [0.2, 0.25) is 18.6 Å². The van der Waals surface area contributed by atoms with E-state index in [2.05, 4.69) is 19.2 Å². The Morgan fingerprint density at radius 1 is 1.42 bits per heavy atom. The normalized spacial score (nSPS) is 15.2. The summed E-state index contributed by atoms with van der Waals surface area (Å²) in [6.07, 6.45) is 2.19. The van der Waals surface area contributed by atoms with Crippen molar-refractivity contribution >= 4 is 8.07 Å². The van der Waals surface area contributed by atoms with Crippen molar-refractivity contribution in [3.05, 3.63) is 0 Å². The van der Waals surface area contributed by atoms with Crippen LogP contribution in [0.1, 0.15) is 19.8 Å². The van der Waals surface area contributed by atoms with Gasteiger partial charge < -0.3 is 4.74 Å². The van der Waals surface area contributed by atoms with Crippen molar-refractivity contribution in [3.63, 3.8) is 0 Å². The zero-order valence-corrected chi connectivity index (χ0v) is 9.39. The van der Waals surface area contributed by atoms with Gasteiger partial charge in [0.05, 0.1) is 0 Å². The molecule has 0 fully saturated rings. The summed E-state index contributed by atoms with van der Waals surface area (Å²) < 4.78 is 4.97. The molecule has 0 aromatic carbocycles. The summed E-state index contributed by atoms with van der Waals surface area (Å²) in [6.45, 7) is 5.12. The molecule has 0 rings (SSSR count). The molecule has 0 saturated carbocycles. The highest BCUT2D eigenvalue weighted by atomic mass is 28.3. The molecule has 1 unspecified atom stereocenters. The van der Waals surface area contributed by atoms with Gasteiger partial charge in [0.2, 0.25) is 0 Å². The Bertz CT molecular complexity index is 155. The number of nitrogens with zero attached hydrogens (tertiary/aromatic N) is 1. The molecule has 0 aromatic heterocycles. The van der Waals surface area contributed by atoms with Crippen LogP contribution in [-0.4, -0.2) is 21.8 Å². The van der Waals surface area contributed by atoms with E-state index in [1.807, 2.05) is 0 Å². The van der Waals surface area contributed by atoms with Crippen LogP contribution in [0.25, 0.3) is 0 Å². The van der Waals surface area contributed by atoms with E-state index in [0.717, 1.165) is 31.5 Å². The van der Waals surface area contributed by atoms with Gasteiger partial charge in [-0.1, -0.05) is 19.9 Å². The fourth-order valence-corrected chi connectivity index (χ4v) is 3.90. The Hall–Kier alpha value is -0.333. The van der Waals surface area contributed by atoms with Crippen LogP contribution in [0.5, 0.6) is 0 Å². The largest absolute Gasteiger partial charge is 0.385 e. The second-order valence-corrected chi connectivity index (χ2v) is 7.86. The molecule has 0 aliphatic carbocycles. The molecule has 0 bridgehead atoms. The standard InChI is InChI=1S/C9H19NOSi/c1-4-7-12(3,9-10)8-5-6-11-2/h4-8H2,1-3H3. The van der Waals surface area contributed by atoms with Gasteiger partial charge in [-0.15, -0.1) is 0 Å². The monoisotopic (exact) mass is 185 g/mol. The second-order valence-electron chi connectivity index (χ2n) is 3.52. The number of hydrogen-bond acceptors (Lipinski definition) is 2. The van der Waals surface area contributed by atoms with E-state index in [4.69, 9.17) is 10.00 Å². The van der Waals surface area contributed by atoms with Crippen LogP contribution in [-0.2, 0) is 4.74 Å². The molecule has 0 N–H and O–H groups in total. The molecule has 0 radical (unpaired) electrons. The molecule has 0 heterocycles. The Labute approximate surface area is 76.5 Å². The average molecular weight is 185 g/mol. The van der Waals surface area contributed by atoms with Crippen molar-refractivity contribution < 1.29 is 4.74 Å². The number of ether oxygens (including phenoxy) is 1. The molecule has 2 nitrogen and oxygen atoms in total. The molecule has 0 aliphatic heterocycles. The predicted molar refractivity (Wildman–Crippen MR) is 53.6 cm³/mol. The van der Waals surface area contributed by atoms with Crippen LogP contribution in [0.15, 0.2) is 0 Å². The van der Waals surface area contributed by atoms with Gasteiger partial charge in [0, 0.05) is 19.4 Å². The minimum atomic E-state index is -1.54. The van der Waals surface area contributed by atoms with E-state index < -0.39 is 8.07 Å². The first-order valence-electron chi connectivity index (χ1n) is 4.58. The minimum absolute atomic E-state index is 0.800. The van der Waals surface area contributed by atoms with E-state index >= 15 is 0 Å². The summed E-state index contributed by atoms with van der Waals surface area (Å²) in [5.74, 6) is 0. The number of nitriles is 1. The molecular weight excluding hydrogens is 166 g/mol. The number of rotatable bonds is 6. The lowest BCUT2D eigenvalue weighted by atomic mass is 10.5. The maximum Gasteiger partial charge on any atom is 0.170 e. The lowest BCUT2D eigenvalue weighted by Crippen LogP contribution is -2.27. The number of methoxy groups -OCH3 is 1. The second kappa shape index (κ2) is 6.21. The molecule has 12 heavy (non-hydrogen) atoms. The Kier molecular flexibility index (Phi) is 6.04. The van der Waals surface area contributed by atoms with E-state index in [1.165, 1.54) is 0 Å². The van der Waals surface area contributed by atoms with Crippen molar-refractivity contribution in [2.45, 2.75) is 38.4 Å². The van der Waals surface area contributed by atoms with Crippen molar-refractivity contribution in [1.82, 2.24) is 0 Å². The van der Waals surface area contributed by atoms with Gasteiger partial charge in [0.1, 0.15) is 0 Å². The van der Waals surface area contributed by atoms with Gasteiger partial charge >= 0.3 is 0 Å². The fourth-order valence-electron chi connectivity index (χ4n) is 1.40. The van der Waals surface area contributed by atoms with Crippen LogP contribution >= 0.6 is 0 Å². The quantitative estimate of drug-likeness (QED) is 0.470. The Morgan fingerprint density at radius 2 is 2.08 bits per heavy atom. The lowest BCUT2D eigenvalue weighted by molar-refractivity contribution is 0.199. The summed E-state index contributed by atoms with van der Waals surface area (Å²) in [4.78, 5) is 0. The molecule has 0 amide bonds. The predicted octanol–water partition coefficient (Wildman–Crippen LogP) is 2.57. The zero-order chi connectivity index (χ0) is 9.45. The summed E-state index contributed by atoms with van der Waals surface area (Å²) in [6, 6.07) is 2.22. The molecule has 0 spiro atoms. The summed E-state index contributed by atoms with van der Waals surface area (Å²) in [7, 11) is 0.178. The molecule has 1 atom stereocenters. The minimum Gasteiger partial charge on any atom is -0.385 e. The molecule has 3 heteroatoms. The summed E-state index contributed by atoms with van der Waals surface area (Å²) in [5.41, 5.74) is 2.52. The van der Waals surface area contributed by atoms with E-state index in [1.54, 1.807) is 7.11 Å². The third-order valence-electron chi connectivity index (χ3n) is 2.15. The molecule has 0 saturated heterocycles. The third kappa shape index (κ3) is 4.53. The molecule has 70 valence electrons. The van der Waals surface area contributed by atoms with Crippen molar-refractivity contribution in [1.29, 1.82) is 5.26 Å².